The van der Waals surface area contributed by atoms with E-state index < -0.39 is 0 Å². The van der Waals surface area contributed by atoms with Gasteiger partial charge in [0.1, 0.15) is 0 Å². The highest BCUT2D eigenvalue weighted by molar-refractivity contribution is 5.89. The molecule has 1 heterocycles. The van der Waals surface area contributed by atoms with Gasteiger partial charge in [0.05, 0.1) is 0 Å². The molecule has 112 valence electrons. The van der Waals surface area contributed by atoms with Gasteiger partial charge in [0.15, 0.2) is 0 Å². The van der Waals surface area contributed by atoms with Gasteiger partial charge in [0.25, 0.3) is 0 Å². The molecule has 0 unspecified atom stereocenters. The third kappa shape index (κ3) is 3.47. The second-order valence-electron chi connectivity index (χ2n) is 5.40. The Labute approximate surface area is 129 Å². The van der Waals surface area contributed by atoms with Gasteiger partial charge >= 0.3 is 6.03 Å². The lowest BCUT2D eigenvalue weighted by Gasteiger charge is -2.08. The Morgan fingerprint density at radius 3 is 2.73 bits per heavy atom. The molecule has 0 spiro atoms. The topological polar surface area (TPSA) is 56.9 Å². The van der Waals surface area contributed by atoms with Gasteiger partial charge in [-0.15, -0.1) is 0 Å². The summed E-state index contributed by atoms with van der Waals surface area (Å²) in [6, 6.07) is 15.9. The molecule has 4 nitrogen and oxygen atoms in total. The van der Waals surface area contributed by atoms with E-state index in [-0.39, 0.29) is 6.03 Å². The van der Waals surface area contributed by atoms with E-state index in [9.17, 15) is 4.79 Å². The number of aryl methyl sites for hydroxylation is 1. The zero-order valence-electron chi connectivity index (χ0n) is 12.5. The van der Waals surface area contributed by atoms with Crippen molar-refractivity contribution in [2.24, 2.45) is 0 Å². The summed E-state index contributed by atoms with van der Waals surface area (Å²) in [7, 11) is 0. The molecule has 22 heavy (non-hydrogen) atoms. The smallest absolute Gasteiger partial charge is 0.319 e. The summed E-state index contributed by atoms with van der Waals surface area (Å²) in [6.07, 6.45) is 2.74. The first-order chi connectivity index (χ1) is 10.7. The summed E-state index contributed by atoms with van der Waals surface area (Å²) in [5, 5.41) is 6.90. The highest BCUT2D eigenvalue weighted by Crippen LogP contribution is 2.14. The number of nitrogens with one attached hydrogen (secondary N) is 3. The molecule has 1 aromatic heterocycles. The number of rotatable bonds is 4. The Bertz CT molecular complexity index is 774. The lowest BCUT2D eigenvalue weighted by molar-refractivity contribution is 0.252. The average molecular weight is 293 g/mol. The largest absolute Gasteiger partial charge is 0.361 e. The van der Waals surface area contributed by atoms with Gasteiger partial charge in [-0.1, -0.05) is 23.8 Å². The van der Waals surface area contributed by atoms with Crippen molar-refractivity contribution in [2.75, 3.05) is 11.9 Å². The Morgan fingerprint density at radius 1 is 1.09 bits per heavy atom. The normalized spacial score (nSPS) is 10.6. The predicted octanol–water partition coefficient (Wildman–Crippen LogP) is 3.84. The van der Waals surface area contributed by atoms with Crippen molar-refractivity contribution in [3.05, 3.63) is 65.9 Å². The molecule has 0 aliphatic heterocycles. The van der Waals surface area contributed by atoms with Crippen LogP contribution < -0.4 is 10.6 Å². The van der Waals surface area contributed by atoms with Crippen LogP contribution in [0, 0.1) is 6.92 Å². The minimum atomic E-state index is -0.174. The van der Waals surface area contributed by atoms with Crippen molar-refractivity contribution in [2.45, 2.75) is 13.3 Å². The molecule has 3 rings (SSSR count). The standard InChI is InChI=1S/C18H19N3O/c1-13-2-5-16(6-3-13)21-18(22)20-10-8-14-4-7-17-15(12-14)9-11-19-17/h2-7,9,11-12,19H,8,10H2,1H3,(H2,20,21,22). The lowest BCUT2D eigenvalue weighted by Crippen LogP contribution is -2.30. The van der Waals surface area contributed by atoms with Crippen LogP contribution in [0.25, 0.3) is 10.9 Å². The van der Waals surface area contributed by atoms with Gasteiger partial charge in [0, 0.05) is 23.9 Å². The zero-order valence-corrected chi connectivity index (χ0v) is 12.5. The third-order valence-corrected chi connectivity index (χ3v) is 3.63. The van der Waals surface area contributed by atoms with Crippen LogP contribution in [0.15, 0.2) is 54.7 Å². The first kappa shape index (κ1) is 14.2. The van der Waals surface area contributed by atoms with Gasteiger partial charge in [-0.05, 0) is 54.6 Å². The van der Waals surface area contributed by atoms with Gasteiger partial charge < -0.3 is 15.6 Å². The van der Waals surface area contributed by atoms with Gasteiger partial charge in [0.2, 0.25) is 0 Å². The Kier molecular flexibility index (Phi) is 4.10. The van der Waals surface area contributed by atoms with E-state index in [1.807, 2.05) is 37.4 Å². The van der Waals surface area contributed by atoms with Crippen LogP contribution in [-0.2, 0) is 6.42 Å². The number of H-pyrrole nitrogens is 1. The van der Waals surface area contributed by atoms with Crippen LogP contribution >= 0.6 is 0 Å². The van der Waals surface area contributed by atoms with E-state index in [0.29, 0.717) is 6.54 Å². The van der Waals surface area contributed by atoms with Crippen LogP contribution in [0.3, 0.4) is 0 Å². The lowest BCUT2D eigenvalue weighted by atomic mass is 10.1. The van der Waals surface area contributed by atoms with E-state index in [1.54, 1.807) is 0 Å². The van der Waals surface area contributed by atoms with Gasteiger partial charge in [-0.2, -0.15) is 0 Å². The number of benzene rings is 2. The van der Waals surface area contributed by atoms with Crippen molar-refractivity contribution in [1.29, 1.82) is 0 Å². The predicted molar refractivity (Wildman–Crippen MR) is 90.2 cm³/mol. The second kappa shape index (κ2) is 6.35. The number of fused-ring (bicyclic) bond motifs is 1. The van der Waals surface area contributed by atoms with E-state index in [0.717, 1.165) is 17.6 Å². The number of hydrogen-bond acceptors (Lipinski definition) is 1. The fraction of sp³-hybridized carbons (Fsp3) is 0.167. The first-order valence-corrected chi connectivity index (χ1v) is 7.38. The van der Waals surface area contributed by atoms with Crippen LogP contribution in [0.1, 0.15) is 11.1 Å². The number of carbonyl (C=O) groups excluding carboxylic acids is 1. The van der Waals surface area contributed by atoms with E-state index in [1.165, 1.54) is 16.5 Å². The number of urea groups is 1. The third-order valence-electron chi connectivity index (χ3n) is 3.63. The Hall–Kier alpha value is -2.75. The number of amides is 2. The van der Waals surface area contributed by atoms with Crippen molar-refractivity contribution < 1.29 is 4.79 Å². The van der Waals surface area contributed by atoms with E-state index in [4.69, 9.17) is 0 Å². The van der Waals surface area contributed by atoms with Crippen LogP contribution in [0.2, 0.25) is 0 Å². The molecule has 0 aliphatic carbocycles. The summed E-state index contributed by atoms with van der Waals surface area (Å²) in [4.78, 5) is 15.0. The summed E-state index contributed by atoms with van der Waals surface area (Å²) in [6.45, 7) is 2.62. The molecular formula is C18H19N3O. The monoisotopic (exact) mass is 293 g/mol. The minimum absolute atomic E-state index is 0.174. The summed E-state index contributed by atoms with van der Waals surface area (Å²) < 4.78 is 0. The SMILES string of the molecule is Cc1ccc(NC(=O)NCCc2ccc3[nH]ccc3c2)cc1. The van der Waals surface area contributed by atoms with Gasteiger partial charge in [-0.25, -0.2) is 4.79 Å². The van der Waals surface area contributed by atoms with Crippen LogP contribution in [-0.4, -0.2) is 17.6 Å². The molecule has 0 fully saturated rings. The molecule has 0 atom stereocenters. The maximum absolute atomic E-state index is 11.8. The zero-order chi connectivity index (χ0) is 15.4. The molecule has 0 aliphatic rings. The molecule has 0 saturated carbocycles. The van der Waals surface area contributed by atoms with Crippen molar-refractivity contribution >= 4 is 22.6 Å². The molecule has 4 heteroatoms. The molecule has 3 aromatic rings. The number of aromatic amines is 1. The quantitative estimate of drug-likeness (QED) is 0.672. The fourth-order valence-corrected chi connectivity index (χ4v) is 2.39. The number of carbonyl (C=O) groups is 1. The average Bonchev–Trinajstić information content (AvgIpc) is 2.97. The second-order valence-corrected chi connectivity index (χ2v) is 5.40. The summed E-state index contributed by atoms with van der Waals surface area (Å²) in [5.41, 5.74) is 4.32. The summed E-state index contributed by atoms with van der Waals surface area (Å²) in [5.74, 6) is 0. The molecule has 0 bridgehead atoms. The maximum Gasteiger partial charge on any atom is 0.319 e. The molecule has 0 radical (unpaired) electrons. The van der Waals surface area contributed by atoms with E-state index in [2.05, 4.69) is 39.9 Å². The molecule has 2 amide bonds. The van der Waals surface area contributed by atoms with Crippen molar-refractivity contribution in [3.63, 3.8) is 0 Å². The fourth-order valence-electron chi connectivity index (χ4n) is 2.39. The number of anilines is 1. The van der Waals surface area contributed by atoms with Crippen LogP contribution in [0.4, 0.5) is 10.5 Å². The number of hydrogen-bond donors (Lipinski definition) is 3. The number of aromatic nitrogens is 1. The highest BCUT2D eigenvalue weighted by Gasteiger charge is 2.02. The molecule has 0 saturated heterocycles. The van der Waals surface area contributed by atoms with Crippen LogP contribution in [0.5, 0.6) is 0 Å². The maximum atomic E-state index is 11.8. The van der Waals surface area contributed by atoms with Crippen molar-refractivity contribution in [1.82, 2.24) is 10.3 Å². The van der Waals surface area contributed by atoms with Gasteiger partial charge in [-0.3, -0.25) is 0 Å². The molecular weight excluding hydrogens is 274 g/mol. The Balaban J connectivity index is 1.49. The Morgan fingerprint density at radius 2 is 1.91 bits per heavy atom. The highest BCUT2D eigenvalue weighted by atomic mass is 16.2. The van der Waals surface area contributed by atoms with Crippen molar-refractivity contribution in [3.8, 4) is 0 Å². The minimum Gasteiger partial charge on any atom is -0.361 e. The van der Waals surface area contributed by atoms with E-state index >= 15 is 0 Å². The molecule has 2 aromatic carbocycles. The first-order valence-electron chi connectivity index (χ1n) is 7.38. The molecule has 3 N–H and O–H groups in total. The summed E-state index contributed by atoms with van der Waals surface area (Å²) >= 11 is 0.